The molecule has 0 aliphatic carbocycles. The fourth-order valence-electron chi connectivity index (χ4n) is 2.67. The number of thiophene rings is 1. The van der Waals surface area contributed by atoms with E-state index < -0.39 is 0 Å². The Balaban J connectivity index is 1.41. The van der Waals surface area contributed by atoms with E-state index in [2.05, 4.69) is 16.3 Å². The Morgan fingerprint density at radius 2 is 2.08 bits per heavy atom. The summed E-state index contributed by atoms with van der Waals surface area (Å²) in [5.41, 5.74) is 0.489. The summed E-state index contributed by atoms with van der Waals surface area (Å²) in [6.07, 6.45) is 1.85. The van der Waals surface area contributed by atoms with Crippen LogP contribution in [0.5, 0.6) is 0 Å². The zero-order valence-electron chi connectivity index (χ0n) is 13.6. The Hall–Kier alpha value is -2.63. The van der Waals surface area contributed by atoms with Crippen LogP contribution >= 0.6 is 11.3 Å². The topological polar surface area (TPSA) is 89.6 Å². The first-order valence-electron chi connectivity index (χ1n) is 8.00. The van der Waals surface area contributed by atoms with Gasteiger partial charge in [0.25, 0.3) is 5.91 Å². The maximum atomic E-state index is 12.2. The molecular weight excluding hydrogens is 340 g/mol. The number of nitrogens with zero attached hydrogens (tertiary/aromatic N) is 3. The molecular formula is C17H18N4O3S. The van der Waals surface area contributed by atoms with E-state index >= 15 is 0 Å². The highest BCUT2D eigenvalue weighted by Crippen LogP contribution is 2.22. The van der Waals surface area contributed by atoms with Gasteiger partial charge in [0.15, 0.2) is 5.76 Å². The molecule has 0 atom stereocenters. The lowest BCUT2D eigenvalue weighted by Gasteiger charge is -2.34. The molecule has 0 saturated carbocycles. The lowest BCUT2D eigenvalue weighted by molar-refractivity contribution is -0.116. The molecule has 1 aliphatic heterocycles. The van der Waals surface area contributed by atoms with Gasteiger partial charge in [0, 0.05) is 39.1 Å². The van der Waals surface area contributed by atoms with Gasteiger partial charge in [0.2, 0.25) is 5.91 Å². The van der Waals surface area contributed by atoms with Gasteiger partial charge in [-0.05, 0) is 23.6 Å². The molecule has 3 heterocycles. The molecule has 1 saturated heterocycles. The molecule has 1 fully saturated rings. The van der Waals surface area contributed by atoms with E-state index in [1.54, 1.807) is 28.5 Å². The van der Waals surface area contributed by atoms with Crippen molar-refractivity contribution in [2.45, 2.75) is 6.42 Å². The molecule has 130 valence electrons. The highest BCUT2D eigenvalue weighted by atomic mass is 32.1. The van der Waals surface area contributed by atoms with Crippen molar-refractivity contribution in [3.8, 4) is 6.07 Å². The number of nitriles is 1. The molecule has 2 aromatic heterocycles. The Bertz CT molecular complexity index is 770. The summed E-state index contributed by atoms with van der Waals surface area (Å²) in [6.45, 7) is 3.31. The Labute approximate surface area is 149 Å². The molecule has 1 N–H and O–H groups in total. The van der Waals surface area contributed by atoms with E-state index in [1.807, 2.05) is 0 Å². The molecule has 0 radical (unpaired) electrons. The number of piperazine rings is 1. The minimum atomic E-state index is -0.104. The number of rotatable bonds is 5. The molecule has 8 heteroatoms. The number of furan rings is 1. The molecule has 2 amide bonds. The third kappa shape index (κ3) is 4.26. The summed E-state index contributed by atoms with van der Waals surface area (Å²) in [7, 11) is 0. The SMILES string of the molecule is N#Cc1ccsc1NC(=O)CCN1CCN(C(=O)c2ccco2)CC1. The van der Waals surface area contributed by atoms with Gasteiger partial charge in [0.1, 0.15) is 11.1 Å². The van der Waals surface area contributed by atoms with Crippen molar-refractivity contribution in [2.75, 3.05) is 38.0 Å². The summed E-state index contributed by atoms with van der Waals surface area (Å²) >= 11 is 1.34. The summed E-state index contributed by atoms with van der Waals surface area (Å²) in [6, 6.07) is 7.11. The van der Waals surface area contributed by atoms with Gasteiger partial charge in [-0.2, -0.15) is 5.26 Å². The third-order valence-corrected chi connectivity index (χ3v) is 4.92. The van der Waals surface area contributed by atoms with E-state index in [-0.39, 0.29) is 11.8 Å². The zero-order chi connectivity index (χ0) is 17.6. The van der Waals surface area contributed by atoms with Crippen molar-refractivity contribution < 1.29 is 14.0 Å². The first-order valence-corrected chi connectivity index (χ1v) is 8.88. The molecule has 25 heavy (non-hydrogen) atoms. The summed E-state index contributed by atoms with van der Waals surface area (Å²) in [4.78, 5) is 28.1. The number of hydrogen-bond acceptors (Lipinski definition) is 6. The number of amides is 2. The molecule has 3 rings (SSSR count). The van der Waals surface area contributed by atoms with E-state index in [0.29, 0.717) is 42.4 Å². The van der Waals surface area contributed by atoms with Gasteiger partial charge < -0.3 is 14.6 Å². The van der Waals surface area contributed by atoms with Crippen molar-refractivity contribution in [1.29, 1.82) is 5.26 Å². The predicted octanol–water partition coefficient (Wildman–Crippen LogP) is 2.00. The van der Waals surface area contributed by atoms with Crippen molar-refractivity contribution in [2.24, 2.45) is 0 Å². The molecule has 0 unspecified atom stereocenters. The molecule has 0 aromatic carbocycles. The van der Waals surface area contributed by atoms with Crippen LogP contribution in [-0.2, 0) is 4.79 Å². The second-order valence-corrected chi connectivity index (χ2v) is 6.60. The fraction of sp³-hybridized carbons (Fsp3) is 0.353. The van der Waals surface area contributed by atoms with E-state index in [4.69, 9.17) is 9.68 Å². The standard InChI is InChI=1S/C17H18N4O3S/c18-12-13-4-11-25-16(13)19-15(22)3-5-20-6-8-21(9-7-20)17(23)14-2-1-10-24-14/h1-2,4,10-11H,3,5-9H2,(H,19,22). The number of hydrogen-bond donors (Lipinski definition) is 1. The first-order chi connectivity index (χ1) is 12.2. The normalized spacial score (nSPS) is 14.9. The van der Waals surface area contributed by atoms with Gasteiger partial charge in [0.05, 0.1) is 11.8 Å². The zero-order valence-corrected chi connectivity index (χ0v) is 14.4. The Morgan fingerprint density at radius 1 is 1.28 bits per heavy atom. The van der Waals surface area contributed by atoms with Crippen LogP contribution in [0.25, 0.3) is 0 Å². The van der Waals surface area contributed by atoms with Gasteiger partial charge in [-0.3, -0.25) is 14.5 Å². The van der Waals surface area contributed by atoms with Crippen LogP contribution < -0.4 is 5.32 Å². The number of nitrogens with one attached hydrogen (secondary N) is 1. The van der Waals surface area contributed by atoms with Crippen LogP contribution in [0.2, 0.25) is 0 Å². The quantitative estimate of drug-likeness (QED) is 0.883. The van der Waals surface area contributed by atoms with Crippen molar-refractivity contribution in [1.82, 2.24) is 9.80 Å². The van der Waals surface area contributed by atoms with E-state index in [9.17, 15) is 9.59 Å². The van der Waals surface area contributed by atoms with Gasteiger partial charge in [-0.25, -0.2) is 0 Å². The van der Waals surface area contributed by atoms with Crippen LogP contribution in [0.3, 0.4) is 0 Å². The number of carbonyl (C=O) groups excluding carboxylic acids is 2. The van der Waals surface area contributed by atoms with Gasteiger partial charge in [-0.1, -0.05) is 0 Å². The molecule has 7 nitrogen and oxygen atoms in total. The molecule has 0 spiro atoms. The van der Waals surface area contributed by atoms with Crippen LogP contribution in [0, 0.1) is 11.3 Å². The monoisotopic (exact) mass is 358 g/mol. The molecule has 0 bridgehead atoms. The third-order valence-electron chi connectivity index (χ3n) is 4.09. The summed E-state index contributed by atoms with van der Waals surface area (Å²) in [5, 5.41) is 14.1. The van der Waals surface area contributed by atoms with E-state index in [0.717, 1.165) is 13.1 Å². The summed E-state index contributed by atoms with van der Waals surface area (Å²) in [5.74, 6) is 0.161. The Morgan fingerprint density at radius 3 is 2.76 bits per heavy atom. The average molecular weight is 358 g/mol. The first kappa shape index (κ1) is 17.2. The number of carbonyl (C=O) groups is 2. The van der Waals surface area contributed by atoms with E-state index in [1.165, 1.54) is 17.6 Å². The highest BCUT2D eigenvalue weighted by Gasteiger charge is 2.23. The van der Waals surface area contributed by atoms with Gasteiger partial charge in [-0.15, -0.1) is 11.3 Å². The lowest BCUT2D eigenvalue weighted by Crippen LogP contribution is -2.49. The Kier molecular flexibility index (Phi) is 5.48. The maximum absolute atomic E-state index is 12.2. The lowest BCUT2D eigenvalue weighted by atomic mass is 10.2. The molecule has 2 aromatic rings. The maximum Gasteiger partial charge on any atom is 0.289 e. The average Bonchev–Trinajstić information content (AvgIpc) is 3.31. The smallest absolute Gasteiger partial charge is 0.289 e. The van der Waals surface area contributed by atoms with Crippen LogP contribution in [-0.4, -0.2) is 54.3 Å². The number of anilines is 1. The van der Waals surface area contributed by atoms with Crippen molar-refractivity contribution in [3.63, 3.8) is 0 Å². The summed E-state index contributed by atoms with van der Waals surface area (Å²) < 4.78 is 5.14. The van der Waals surface area contributed by atoms with Crippen molar-refractivity contribution in [3.05, 3.63) is 41.2 Å². The fourth-order valence-corrected chi connectivity index (χ4v) is 3.43. The second-order valence-electron chi connectivity index (χ2n) is 5.68. The van der Waals surface area contributed by atoms with Crippen molar-refractivity contribution >= 4 is 28.2 Å². The van der Waals surface area contributed by atoms with Crippen LogP contribution in [0.4, 0.5) is 5.00 Å². The highest BCUT2D eigenvalue weighted by molar-refractivity contribution is 7.14. The molecule has 1 aliphatic rings. The minimum Gasteiger partial charge on any atom is -0.459 e. The second kappa shape index (κ2) is 7.96. The minimum absolute atomic E-state index is 0.0934. The predicted molar refractivity (Wildman–Crippen MR) is 93.3 cm³/mol. The van der Waals surface area contributed by atoms with Crippen LogP contribution in [0.1, 0.15) is 22.5 Å². The van der Waals surface area contributed by atoms with Gasteiger partial charge >= 0.3 is 0 Å². The largest absolute Gasteiger partial charge is 0.459 e. The van der Waals surface area contributed by atoms with Crippen LogP contribution in [0.15, 0.2) is 34.3 Å².